The average Bonchev–Trinajstić information content (AvgIpc) is 2.52. The van der Waals surface area contributed by atoms with Crippen LogP contribution in [0.1, 0.15) is 5.69 Å². The molecule has 0 amide bonds. The van der Waals surface area contributed by atoms with Gasteiger partial charge in [0.1, 0.15) is 5.65 Å². The van der Waals surface area contributed by atoms with Gasteiger partial charge in [0.25, 0.3) is 0 Å². The van der Waals surface area contributed by atoms with Crippen LogP contribution in [0.4, 0.5) is 0 Å². The second kappa shape index (κ2) is 2.88. The van der Waals surface area contributed by atoms with Crippen molar-refractivity contribution in [3.8, 4) is 0 Å². The van der Waals surface area contributed by atoms with Crippen molar-refractivity contribution in [2.75, 3.05) is 0 Å². The van der Waals surface area contributed by atoms with Crippen molar-refractivity contribution in [1.82, 2.24) is 9.38 Å². The third kappa shape index (κ3) is 1.04. The van der Waals surface area contributed by atoms with E-state index in [1.165, 1.54) is 0 Å². The zero-order valence-corrected chi connectivity index (χ0v) is 7.95. The molecule has 0 atom stereocenters. The van der Waals surface area contributed by atoms with Crippen molar-refractivity contribution in [3.05, 3.63) is 34.7 Å². The van der Waals surface area contributed by atoms with Crippen LogP contribution in [-0.2, 0) is 6.54 Å². The molecule has 2 heterocycles. The first-order valence-electron chi connectivity index (χ1n) is 3.63. The van der Waals surface area contributed by atoms with Crippen molar-refractivity contribution in [2.24, 2.45) is 5.73 Å². The Balaban J connectivity index is 2.83. The standard InChI is InChI=1S/C8H8BrN3/c9-6-1-2-8-11-3-4-12(8)7(6)5-10/h1-4H,5,10H2. The highest BCUT2D eigenvalue weighted by Gasteiger charge is 2.02. The first kappa shape index (κ1) is 7.76. The molecule has 0 radical (unpaired) electrons. The molecule has 0 aromatic carbocycles. The normalized spacial score (nSPS) is 10.8. The van der Waals surface area contributed by atoms with E-state index in [1.54, 1.807) is 6.20 Å². The van der Waals surface area contributed by atoms with Gasteiger partial charge in [0, 0.05) is 23.4 Å². The van der Waals surface area contributed by atoms with E-state index < -0.39 is 0 Å². The Hall–Kier alpha value is -0.870. The molecule has 4 heteroatoms. The smallest absolute Gasteiger partial charge is 0.136 e. The number of nitrogens with two attached hydrogens (primary N) is 1. The number of fused-ring (bicyclic) bond motifs is 1. The van der Waals surface area contributed by atoms with Crippen molar-refractivity contribution in [3.63, 3.8) is 0 Å². The van der Waals surface area contributed by atoms with E-state index in [0.717, 1.165) is 15.8 Å². The lowest BCUT2D eigenvalue weighted by Gasteiger charge is -2.04. The summed E-state index contributed by atoms with van der Waals surface area (Å²) in [5.74, 6) is 0. The Bertz CT molecular complexity index is 408. The molecule has 12 heavy (non-hydrogen) atoms. The fourth-order valence-electron chi connectivity index (χ4n) is 1.22. The van der Waals surface area contributed by atoms with Gasteiger partial charge >= 0.3 is 0 Å². The molecule has 0 aliphatic carbocycles. The van der Waals surface area contributed by atoms with Gasteiger partial charge in [-0.3, -0.25) is 0 Å². The topological polar surface area (TPSA) is 43.3 Å². The minimum Gasteiger partial charge on any atom is -0.325 e. The Morgan fingerprint density at radius 2 is 2.33 bits per heavy atom. The summed E-state index contributed by atoms with van der Waals surface area (Å²) in [4.78, 5) is 4.16. The molecular formula is C8H8BrN3. The van der Waals surface area contributed by atoms with E-state index >= 15 is 0 Å². The minimum absolute atomic E-state index is 0.508. The van der Waals surface area contributed by atoms with Gasteiger partial charge in [0.2, 0.25) is 0 Å². The highest BCUT2D eigenvalue weighted by molar-refractivity contribution is 9.10. The van der Waals surface area contributed by atoms with Crippen LogP contribution in [0.25, 0.3) is 5.65 Å². The molecule has 0 unspecified atom stereocenters. The second-order valence-corrected chi connectivity index (χ2v) is 3.34. The van der Waals surface area contributed by atoms with Crippen LogP contribution < -0.4 is 5.73 Å². The molecule has 0 aliphatic heterocycles. The maximum atomic E-state index is 5.60. The summed E-state index contributed by atoms with van der Waals surface area (Å²) in [6.07, 6.45) is 3.67. The van der Waals surface area contributed by atoms with Gasteiger partial charge in [0.05, 0.1) is 5.69 Å². The number of nitrogens with zero attached hydrogens (tertiary/aromatic N) is 2. The third-order valence-electron chi connectivity index (χ3n) is 1.81. The molecule has 2 N–H and O–H groups in total. The number of aromatic nitrogens is 2. The third-order valence-corrected chi connectivity index (χ3v) is 2.53. The molecule has 2 aromatic rings. The quantitative estimate of drug-likeness (QED) is 0.801. The van der Waals surface area contributed by atoms with Gasteiger partial charge in [-0.05, 0) is 28.1 Å². The molecule has 0 fully saturated rings. The van der Waals surface area contributed by atoms with Crippen LogP contribution in [0.5, 0.6) is 0 Å². The Kier molecular flexibility index (Phi) is 1.86. The van der Waals surface area contributed by atoms with Crippen LogP contribution in [0.3, 0.4) is 0 Å². The monoisotopic (exact) mass is 225 g/mol. The lowest BCUT2D eigenvalue weighted by atomic mass is 10.3. The molecule has 0 saturated carbocycles. The van der Waals surface area contributed by atoms with Crippen molar-refractivity contribution in [2.45, 2.75) is 6.54 Å². The fourth-order valence-corrected chi connectivity index (χ4v) is 1.71. The molecular weight excluding hydrogens is 218 g/mol. The molecule has 2 aromatic heterocycles. The number of hydrogen-bond donors (Lipinski definition) is 1. The van der Waals surface area contributed by atoms with Gasteiger partial charge in [-0.1, -0.05) is 0 Å². The summed E-state index contributed by atoms with van der Waals surface area (Å²) in [5.41, 5.74) is 7.57. The first-order chi connectivity index (χ1) is 5.83. The van der Waals surface area contributed by atoms with Crippen LogP contribution in [0.2, 0.25) is 0 Å². The summed E-state index contributed by atoms with van der Waals surface area (Å²) >= 11 is 3.43. The molecule has 62 valence electrons. The van der Waals surface area contributed by atoms with Crippen molar-refractivity contribution in [1.29, 1.82) is 0 Å². The molecule has 0 spiro atoms. The molecule has 0 saturated heterocycles. The number of pyridine rings is 1. The lowest BCUT2D eigenvalue weighted by molar-refractivity contribution is 0.936. The van der Waals surface area contributed by atoms with Gasteiger partial charge < -0.3 is 10.1 Å². The lowest BCUT2D eigenvalue weighted by Crippen LogP contribution is -2.04. The Labute approximate surface area is 78.3 Å². The number of imidazole rings is 1. The predicted octanol–water partition coefficient (Wildman–Crippen LogP) is 1.56. The Morgan fingerprint density at radius 3 is 3.08 bits per heavy atom. The van der Waals surface area contributed by atoms with E-state index in [0.29, 0.717) is 6.54 Å². The first-order valence-corrected chi connectivity index (χ1v) is 4.43. The summed E-state index contributed by atoms with van der Waals surface area (Å²) < 4.78 is 3.00. The van der Waals surface area contributed by atoms with E-state index in [1.807, 2.05) is 22.7 Å². The number of halogens is 1. The minimum atomic E-state index is 0.508. The molecule has 0 bridgehead atoms. The van der Waals surface area contributed by atoms with Crippen molar-refractivity contribution >= 4 is 21.6 Å². The summed E-state index contributed by atoms with van der Waals surface area (Å²) in [6, 6.07) is 3.91. The van der Waals surface area contributed by atoms with Crippen molar-refractivity contribution < 1.29 is 0 Å². The van der Waals surface area contributed by atoms with E-state index in [9.17, 15) is 0 Å². The van der Waals surface area contributed by atoms with Gasteiger partial charge in [-0.2, -0.15) is 0 Å². The molecule has 2 rings (SSSR count). The van der Waals surface area contributed by atoms with Crippen LogP contribution in [0, 0.1) is 0 Å². The van der Waals surface area contributed by atoms with E-state index in [4.69, 9.17) is 5.73 Å². The van der Waals surface area contributed by atoms with E-state index in [2.05, 4.69) is 20.9 Å². The zero-order valence-electron chi connectivity index (χ0n) is 6.37. The number of hydrogen-bond acceptors (Lipinski definition) is 2. The zero-order chi connectivity index (χ0) is 8.55. The summed E-state index contributed by atoms with van der Waals surface area (Å²) in [5, 5.41) is 0. The maximum Gasteiger partial charge on any atom is 0.136 e. The summed E-state index contributed by atoms with van der Waals surface area (Å²) in [6.45, 7) is 0.508. The Morgan fingerprint density at radius 1 is 1.50 bits per heavy atom. The average molecular weight is 226 g/mol. The SMILES string of the molecule is NCc1c(Br)ccc2nccn12. The van der Waals surface area contributed by atoms with Gasteiger partial charge in [-0.25, -0.2) is 4.98 Å². The highest BCUT2D eigenvalue weighted by atomic mass is 79.9. The summed E-state index contributed by atoms with van der Waals surface area (Å²) in [7, 11) is 0. The highest BCUT2D eigenvalue weighted by Crippen LogP contribution is 2.17. The maximum absolute atomic E-state index is 5.60. The van der Waals surface area contributed by atoms with Crippen LogP contribution in [0.15, 0.2) is 29.0 Å². The van der Waals surface area contributed by atoms with Crippen LogP contribution >= 0.6 is 15.9 Å². The molecule has 0 aliphatic rings. The van der Waals surface area contributed by atoms with Crippen LogP contribution in [-0.4, -0.2) is 9.38 Å². The predicted molar refractivity (Wildman–Crippen MR) is 50.8 cm³/mol. The second-order valence-electron chi connectivity index (χ2n) is 2.49. The van der Waals surface area contributed by atoms with Gasteiger partial charge in [0.15, 0.2) is 0 Å². The number of rotatable bonds is 1. The largest absolute Gasteiger partial charge is 0.325 e. The fraction of sp³-hybridized carbons (Fsp3) is 0.125. The molecule has 3 nitrogen and oxygen atoms in total. The van der Waals surface area contributed by atoms with Gasteiger partial charge in [-0.15, -0.1) is 0 Å². The van der Waals surface area contributed by atoms with E-state index in [-0.39, 0.29) is 0 Å².